The molecule has 0 saturated carbocycles. The van der Waals surface area contributed by atoms with Gasteiger partial charge in [-0.1, -0.05) is 6.07 Å². The highest BCUT2D eigenvalue weighted by molar-refractivity contribution is 5.96. The van der Waals surface area contributed by atoms with Crippen LogP contribution in [0.2, 0.25) is 0 Å². The molecule has 7 heteroatoms. The monoisotopic (exact) mass is 341 g/mol. The lowest BCUT2D eigenvalue weighted by atomic mass is 9.96. The molecule has 1 aromatic heterocycles. The highest BCUT2D eigenvalue weighted by Gasteiger charge is 2.29. The van der Waals surface area contributed by atoms with Crippen LogP contribution < -0.4 is 5.32 Å². The van der Waals surface area contributed by atoms with Gasteiger partial charge in [-0.15, -0.1) is 0 Å². The summed E-state index contributed by atoms with van der Waals surface area (Å²) in [5.41, 5.74) is 0.279. The molecule has 0 bridgehead atoms. The molecule has 1 aliphatic rings. The molecule has 2 aromatic rings. The van der Waals surface area contributed by atoms with Gasteiger partial charge in [-0.05, 0) is 43.2 Å². The summed E-state index contributed by atoms with van der Waals surface area (Å²) in [6.45, 7) is 0.854. The van der Waals surface area contributed by atoms with Crippen molar-refractivity contribution >= 4 is 17.6 Å². The molecule has 1 atom stereocenters. The van der Waals surface area contributed by atoms with Gasteiger partial charge in [0.05, 0.1) is 5.92 Å². The van der Waals surface area contributed by atoms with E-state index in [4.69, 9.17) is 0 Å². The molecule has 2 heterocycles. The number of likely N-dealkylation sites (tertiary alicyclic amines) is 1. The van der Waals surface area contributed by atoms with Crippen molar-refractivity contribution in [3.8, 4) is 11.5 Å². The van der Waals surface area contributed by atoms with Crippen LogP contribution in [0.5, 0.6) is 11.5 Å². The summed E-state index contributed by atoms with van der Waals surface area (Å²) >= 11 is 0. The predicted molar refractivity (Wildman–Crippen MR) is 91.3 cm³/mol. The zero-order valence-electron chi connectivity index (χ0n) is 13.6. The number of hydrogen-bond acceptors (Lipinski definition) is 5. The van der Waals surface area contributed by atoms with Crippen LogP contribution >= 0.6 is 0 Å². The minimum Gasteiger partial charge on any atom is -0.504 e. The van der Waals surface area contributed by atoms with Crippen molar-refractivity contribution in [1.29, 1.82) is 0 Å². The van der Waals surface area contributed by atoms with Crippen LogP contribution in [0.1, 0.15) is 23.2 Å². The fourth-order valence-corrected chi connectivity index (χ4v) is 2.88. The van der Waals surface area contributed by atoms with Gasteiger partial charge in [0.25, 0.3) is 5.91 Å². The zero-order valence-corrected chi connectivity index (χ0v) is 13.6. The molecule has 25 heavy (non-hydrogen) atoms. The van der Waals surface area contributed by atoms with Crippen LogP contribution in [0.3, 0.4) is 0 Å². The average Bonchev–Trinajstić information content (AvgIpc) is 2.64. The van der Waals surface area contributed by atoms with Crippen LogP contribution in [0, 0.1) is 5.92 Å². The fourth-order valence-electron chi connectivity index (χ4n) is 2.88. The topological polar surface area (TPSA) is 103 Å². The van der Waals surface area contributed by atoms with E-state index in [9.17, 15) is 19.8 Å². The number of rotatable bonds is 3. The van der Waals surface area contributed by atoms with E-state index in [1.807, 2.05) is 0 Å². The number of hydrogen-bond donors (Lipinski definition) is 3. The van der Waals surface area contributed by atoms with E-state index in [1.54, 1.807) is 29.3 Å². The van der Waals surface area contributed by atoms with Gasteiger partial charge in [-0.2, -0.15) is 0 Å². The molecular formula is C18H19N3O4. The zero-order chi connectivity index (χ0) is 17.8. The van der Waals surface area contributed by atoms with Crippen LogP contribution in [0.4, 0.5) is 5.82 Å². The summed E-state index contributed by atoms with van der Waals surface area (Å²) in [5, 5.41) is 21.7. The Morgan fingerprint density at radius 3 is 2.72 bits per heavy atom. The maximum Gasteiger partial charge on any atom is 0.254 e. The van der Waals surface area contributed by atoms with Crippen molar-refractivity contribution in [2.75, 3.05) is 18.4 Å². The number of pyridine rings is 1. The summed E-state index contributed by atoms with van der Waals surface area (Å²) in [5.74, 6) is -0.879. The summed E-state index contributed by atoms with van der Waals surface area (Å²) in [7, 11) is 0. The predicted octanol–water partition coefficient (Wildman–Crippen LogP) is 1.98. The quantitative estimate of drug-likeness (QED) is 0.741. The first-order valence-electron chi connectivity index (χ1n) is 8.08. The van der Waals surface area contributed by atoms with Crippen LogP contribution in [0.15, 0.2) is 42.6 Å². The van der Waals surface area contributed by atoms with Gasteiger partial charge >= 0.3 is 0 Å². The SMILES string of the molecule is O=C(Nc1ccccn1)C1CCCN(C(=O)c2ccc(O)c(O)c2)C1. The summed E-state index contributed by atoms with van der Waals surface area (Å²) in [4.78, 5) is 30.7. The van der Waals surface area contributed by atoms with E-state index >= 15 is 0 Å². The third-order valence-corrected chi connectivity index (χ3v) is 4.22. The molecule has 1 aromatic carbocycles. The highest BCUT2D eigenvalue weighted by atomic mass is 16.3. The van der Waals surface area contributed by atoms with E-state index in [0.29, 0.717) is 25.3 Å². The van der Waals surface area contributed by atoms with Crippen molar-refractivity contribution in [1.82, 2.24) is 9.88 Å². The number of amides is 2. The molecule has 130 valence electrons. The Balaban J connectivity index is 1.67. The molecule has 1 saturated heterocycles. The van der Waals surface area contributed by atoms with Gasteiger partial charge < -0.3 is 20.4 Å². The molecule has 0 aliphatic carbocycles. The average molecular weight is 341 g/mol. The summed E-state index contributed by atoms with van der Waals surface area (Å²) in [6, 6.07) is 9.23. The second kappa shape index (κ2) is 7.21. The van der Waals surface area contributed by atoms with Crippen LogP contribution in [0.25, 0.3) is 0 Å². The van der Waals surface area contributed by atoms with Gasteiger partial charge in [0.2, 0.25) is 5.91 Å². The van der Waals surface area contributed by atoms with Gasteiger partial charge in [0.15, 0.2) is 11.5 Å². The Hall–Kier alpha value is -3.09. The second-order valence-electron chi connectivity index (χ2n) is 6.00. The number of phenols is 2. The number of anilines is 1. The number of phenolic OH excluding ortho intramolecular Hbond substituents is 2. The Kier molecular flexibility index (Phi) is 4.83. The smallest absolute Gasteiger partial charge is 0.254 e. The molecule has 0 spiro atoms. The molecule has 0 radical (unpaired) electrons. The second-order valence-corrected chi connectivity index (χ2v) is 6.00. The number of nitrogens with zero attached hydrogens (tertiary/aromatic N) is 2. The van der Waals surface area contributed by atoms with Crippen molar-refractivity contribution in [2.45, 2.75) is 12.8 Å². The number of piperidine rings is 1. The first kappa shape index (κ1) is 16.8. The first-order valence-corrected chi connectivity index (χ1v) is 8.08. The maximum atomic E-state index is 12.6. The van der Waals surface area contributed by atoms with Gasteiger partial charge in [-0.3, -0.25) is 9.59 Å². The van der Waals surface area contributed by atoms with Gasteiger partial charge in [0.1, 0.15) is 5.82 Å². The normalized spacial score (nSPS) is 17.1. The highest BCUT2D eigenvalue weighted by Crippen LogP contribution is 2.27. The Bertz CT molecular complexity index is 779. The first-order chi connectivity index (χ1) is 12.0. The van der Waals surface area contributed by atoms with Gasteiger partial charge in [-0.25, -0.2) is 4.98 Å². The minimum absolute atomic E-state index is 0.162. The third-order valence-electron chi connectivity index (χ3n) is 4.22. The Morgan fingerprint density at radius 1 is 1.16 bits per heavy atom. The lowest BCUT2D eigenvalue weighted by molar-refractivity contribution is -0.121. The Labute approximate surface area is 144 Å². The molecule has 1 fully saturated rings. The molecule has 1 unspecified atom stereocenters. The summed E-state index contributed by atoms with van der Waals surface area (Å²) < 4.78 is 0. The standard InChI is InChI=1S/C18H19N3O4/c22-14-7-6-12(10-15(14)23)18(25)21-9-3-4-13(11-21)17(24)20-16-5-1-2-8-19-16/h1-2,5-8,10,13,22-23H,3-4,9,11H2,(H,19,20,24). The van der Waals surface area contributed by atoms with E-state index in [1.165, 1.54) is 18.2 Å². The molecule has 1 aliphatic heterocycles. The largest absolute Gasteiger partial charge is 0.504 e. The molecule has 2 amide bonds. The number of nitrogens with one attached hydrogen (secondary N) is 1. The van der Waals surface area contributed by atoms with Crippen LogP contribution in [-0.4, -0.2) is 45.0 Å². The molecular weight excluding hydrogens is 322 g/mol. The van der Waals surface area contributed by atoms with Crippen molar-refractivity contribution in [2.24, 2.45) is 5.92 Å². The van der Waals surface area contributed by atoms with Crippen LogP contribution in [-0.2, 0) is 4.79 Å². The van der Waals surface area contributed by atoms with Crippen molar-refractivity contribution < 1.29 is 19.8 Å². The molecule has 3 N–H and O–H groups in total. The summed E-state index contributed by atoms with van der Waals surface area (Å²) in [6.07, 6.45) is 3.02. The number of carbonyl (C=O) groups excluding carboxylic acids is 2. The lowest BCUT2D eigenvalue weighted by Crippen LogP contribution is -2.43. The molecule has 3 rings (SSSR count). The molecule has 7 nitrogen and oxygen atoms in total. The van der Waals surface area contributed by atoms with E-state index in [-0.39, 0.29) is 34.8 Å². The maximum absolute atomic E-state index is 12.6. The lowest BCUT2D eigenvalue weighted by Gasteiger charge is -2.32. The van der Waals surface area contributed by atoms with E-state index in [2.05, 4.69) is 10.3 Å². The number of aromatic hydroxyl groups is 2. The van der Waals surface area contributed by atoms with E-state index in [0.717, 1.165) is 6.42 Å². The van der Waals surface area contributed by atoms with Crippen molar-refractivity contribution in [3.63, 3.8) is 0 Å². The third kappa shape index (κ3) is 3.88. The number of aromatic nitrogens is 1. The van der Waals surface area contributed by atoms with E-state index < -0.39 is 0 Å². The van der Waals surface area contributed by atoms with Crippen molar-refractivity contribution in [3.05, 3.63) is 48.2 Å². The van der Waals surface area contributed by atoms with Gasteiger partial charge in [0, 0.05) is 24.8 Å². The fraction of sp³-hybridized carbons (Fsp3) is 0.278. The number of benzene rings is 1. The Morgan fingerprint density at radius 2 is 2.00 bits per heavy atom. The minimum atomic E-state index is -0.340. The number of carbonyl (C=O) groups is 2.